The van der Waals surface area contributed by atoms with Crippen molar-refractivity contribution in [3.63, 3.8) is 0 Å². The van der Waals surface area contributed by atoms with Crippen LogP contribution in [0.15, 0.2) is 186 Å². The third-order valence-electron chi connectivity index (χ3n) is 10.9. The molecule has 0 saturated heterocycles. The van der Waals surface area contributed by atoms with E-state index in [1.54, 1.807) is 0 Å². The Balaban J connectivity index is 1.16. The number of rotatable bonds is 6. The molecule has 11 rings (SSSR count). The van der Waals surface area contributed by atoms with E-state index in [9.17, 15) is 0 Å². The van der Waals surface area contributed by atoms with Crippen LogP contribution in [0.25, 0.3) is 106 Å². The fourth-order valence-corrected chi connectivity index (χ4v) is 8.21. The standard InChI is InChI=1S/C51H34N4O/c1-4-15-33(16-5-1)35-19-14-20-36(29-35)49-52-50(37-27-28-41-40-23-10-12-25-44(40)55(45(41)31-37)39-21-8-3-9-22-39)54-51(53-49)38-30-43(34-17-6-2-7-18-34)48-42-24-11-13-26-46(42)56-47(48)32-38/h1-2,4-8,10-32H,3,9H2. The first-order valence-corrected chi connectivity index (χ1v) is 19.1. The molecule has 0 bridgehead atoms. The van der Waals surface area contributed by atoms with Gasteiger partial charge in [-0.05, 0) is 77.6 Å². The van der Waals surface area contributed by atoms with Crippen LogP contribution >= 0.6 is 0 Å². The van der Waals surface area contributed by atoms with E-state index in [-0.39, 0.29) is 0 Å². The van der Waals surface area contributed by atoms with Gasteiger partial charge in [0, 0.05) is 43.9 Å². The summed E-state index contributed by atoms with van der Waals surface area (Å²) in [4.78, 5) is 15.7. The third kappa shape index (κ3) is 5.44. The largest absolute Gasteiger partial charge is 0.456 e. The first-order chi connectivity index (χ1) is 27.7. The molecular weight excluding hydrogens is 685 g/mol. The molecule has 56 heavy (non-hydrogen) atoms. The van der Waals surface area contributed by atoms with Crippen LogP contribution in [0.4, 0.5) is 0 Å². The van der Waals surface area contributed by atoms with Gasteiger partial charge >= 0.3 is 0 Å². The van der Waals surface area contributed by atoms with Gasteiger partial charge in [0.25, 0.3) is 0 Å². The monoisotopic (exact) mass is 718 g/mol. The van der Waals surface area contributed by atoms with Gasteiger partial charge in [0.05, 0.1) is 11.0 Å². The van der Waals surface area contributed by atoms with Crippen LogP contribution in [0, 0.1) is 0 Å². The molecule has 3 aromatic heterocycles. The van der Waals surface area contributed by atoms with Crippen LogP contribution in [0.3, 0.4) is 0 Å². The third-order valence-corrected chi connectivity index (χ3v) is 10.9. The van der Waals surface area contributed by atoms with E-state index < -0.39 is 0 Å². The highest BCUT2D eigenvalue weighted by atomic mass is 16.3. The second-order valence-corrected chi connectivity index (χ2v) is 14.3. The Morgan fingerprint density at radius 2 is 1.07 bits per heavy atom. The van der Waals surface area contributed by atoms with E-state index >= 15 is 0 Å². The lowest BCUT2D eigenvalue weighted by molar-refractivity contribution is 0.669. The zero-order chi connectivity index (χ0) is 37.0. The number of benzene rings is 7. The van der Waals surface area contributed by atoms with Crippen LogP contribution in [-0.4, -0.2) is 19.5 Å². The van der Waals surface area contributed by atoms with Gasteiger partial charge in [-0.2, -0.15) is 0 Å². The normalized spacial score (nSPS) is 12.9. The molecule has 0 saturated carbocycles. The van der Waals surface area contributed by atoms with Gasteiger partial charge in [-0.3, -0.25) is 0 Å². The van der Waals surface area contributed by atoms with Crippen LogP contribution in [0.2, 0.25) is 0 Å². The summed E-state index contributed by atoms with van der Waals surface area (Å²) in [6, 6.07) is 57.1. The fourth-order valence-electron chi connectivity index (χ4n) is 8.21. The Morgan fingerprint density at radius 3 is 1.86 bits per heavy atom. The highest BCUT2D eigenvalue weighted by molar-refractivity contribution is 6.14. The van der Waals surface area contributed by atoms with Crippen molar-refractivity contribution in [1.82, 2.24) is 19.5 Å². The molecular formula is C51H34N4O. The van der Waals surface area contributed by atoms with Crippen molar-refractivity contribution in [2.24, 2.45) is 0 Å². The molecule has 0 atom stereocenters. The molecule has 1 aliphatic rings. The molecule has 10 aromatic rings. The summed E-state index contributed by atoms with van der Waals surface area (Å²) in [7, 11) is 0. The molecule has 7 aromatic carbocycles. The van der Waals surface area contributed by atoms with E-state index in [0.29, 0.717) is 17.5 Å². The maximum atomic E-state index is 6.53. The predicted molar refractivity (Wildman–Crippen MR) is 230 cm³/mol. The van der Waals surface area contributed by atoms with Crippen LogP contribution in [0.1, 0.15) is 12.8 Å². The fraction of sp³-hybridized carbons (Fsp3) is 0.0392. The highest BCUT2D eigenvalue weighted by Crippen LogP contribution is 2.41. The van der Waals surface area contributed by atoms with Crippen molar-refractivity contribution >= 4 is 49.4 Å². The van der Waals surface area contributed by atoms with Crippen molar-refractivity contribution in [2.45, 2.75) is 12.8 Å². The van der Waals surface area contributed by atoms with Gasteiger partial charge in [0.15, 0.2) is 17.5 Å². The minimum atomic E-state index is 0.577. The lowest BCUT2D eigenvalue weighted by Crippen LogP contribution is -2.01. The van der Waals surface area contributed by atoms with Crippen molar-refractivity contribution in [3.8, 4) is 56.4 Å². The van der Waals surface area contributed by atoms with Gasteiger partial charge < -0.3 is 8.98 Å². The summed E-state index contributed by atoms with van der Waals surface area (Å²) in [6.07, 6.45) is 8.90. The summed E-state index contributed by atoms with van der Waals surface area (Å²) in [5.74, 6) is 1.79. The van der Waals surface area contributed by atoms with Crippen LogP contribution in [-0.2, 0) is 0 Å². The van der Waals surface area contributed by atoms with Crippen LogP contribution in [0.5, 0.6) is 0 Å². The first kappa shape index (κ1) is 32.1. The minimum Gasteiger partial charge on any atom is -0.456 e. The van der Waals surface area contributed by atoms with Crippen molar-refractivity contribution in [3.05, 3.63) is 182 Å². The van der Waals surface area contributed by atoms with E-state index in [2.05, 4.69) is 162 Å². The molecule has 3 heterocycles. The Hall–Kier alpha value is -7.37. The number of para-hydroxylation sites is 2. The van der Waals surface area contributed by atoms with Crippen LogP contribution < -0.4 is 0 Å². The van der Waals surface area contributed by atoms with Gasteiger partial charge in [-0.1, -0.05) is 140 Å². The number of nitrogens with zero attached hydrogens (tertiary/aromatic N) is 4. The van der Waals surface area contributed by atoms with Gasteiger partial charge in [-0.15, -0.1) is 0 Å². The lowest BCUT2D eigenvalue weighted by Gasteiger charge is -2.13. The van der Waals surface area contributed by atoms with E-state index in [1.165, 1.54) is 22.0 Å². The van der Waals surface area contributed by atoms with E-state index in [0.717, 1.165) is 79.2 Å². The lowest BCUT2D eigenvalue weighted by atomic mass is 9.96. The first-order valence-electron chi connectivity index (χ1n) is 19.1. The Morgan fingerprint density at radius 1 is 0.429 bits per heavy atom. The highest BCUT2D eigenvalue weighted by Gasteiger charge is 2.20. The second kappa shape index (κ2) is 13.2. The minimum absolute atomic E-state index is 0.577. The smallest absolute Gasteiger partial charge is 0.164 e. The van der Waals surface area contributed by atoms with Gasteiger partial charge in [-0.25, -0.2) is 15.0 Å². The summed E-state index contributed by atoms with van der Waals surface area (Å²) >= 11 is 0. The van der Waals surface area contributed by atoms with Crippen molar-refractivity contribution < 1.29 is 4.42 Å². The zero-order valence-electron chi connectivity index (χ0n) is 30.4. The number of allylic oxidation sites excluding steroid dienone is 4. The molecule has 0 N–H and O–H groups in total. The average Bonchev–Trinajstić information content (AvgIpc) is 3.82. The quantitative estimate of drug-likeness (QED) is 0.172. The molecule has 0 amide bonds. The molecule has 0 unspecified atom stereocenters. The molecule has 5 nitrogen and oxygen atoms in total. The number of furan rings is 1. The Bertz CT molecular complexity index is 3190. The molecule has 0 radical (unpaired) electrons. The number of hydrogen-bond donors (Lipinski definition) is 0. The molecule has 5 heteroatoms. The number of aromatic nitrogens is 4. The SMILES string of the molecule is C1=CC(n2c3ccccc3c3ccc(-c4nc(-c5cccc(-c6ccccc6)c5)nc(-c5cc(-c6ccccc6)c6c(c5)oc5ccccc56)n4)cc32)=CCC1. The van der Waals surface area contributed by atoms with Crippen molar-refractivity contribution in [1.29, 1.82) is 0 Å². The summed E-state index contributed by atoms with van der Waals surface area (Å²) in [6.45, 7) is 0. The van der Waals surface area contributed by atoms with E-state index in [1.807, 2.05) is 24.3 Å². The summed E-state index contributed by atoms with van der Waals surface area (Å²) < 4.78 is 8.91. The zero-order valence-corrected chi connectivity index (χ0v) is 30.4. The maximum Gasteiger partial charge on any atom is 0.164 e. The van der Waals surface area contributed by atoms with Gasteiger partial charge in [0.2, 0.25) is 0 Å². The Kier molecular flexibility index (Phi) is 7.56. The predicted octanol–water partition coefficient (Wildman–Crippen LogP) is 13.4. The number of hydrogen-bond acceptors (Lipinski definition) is 4. The topological polar surface area (TPSA) is 56.7 Å². The summed E-state index contributed by atoms with van der Waals surface area (Å²) in [5, 5.41) is 4.56. The molecule has 0 spiro atoms. The van der Waals surface area contributed by atoms with E-state index in [4.69, 9.17) is 19.4 Å². The molecule has 264 valence electrons. The van der Waals surface area contributed by atoms with Gasteiger partial charge in [0.1, 0.15) is 11.2 Å². The molecule has 0 aliphatic heterocycles. The maximum absolute atomic E-state index is 6.53. The van der Waals surface area contributed by atoms with Crippen molar-refractivity contribution in [2.75, 3.05) is 0 Å². The number of fused-ring (bicyclic) bond motifs is 6. The summed E-state index contributed by atoms with van der Waals surface area (Å²) in [5.41, 5.74) is 12.2. The molecule has 1 aliphatic carbocycles. The average molecular weight is 719 g/mol. The Labute approximate surface area is 323 Å². The molecule has 0 fully saturated rings. The second-order valence-electron chi connectivity index (χ2n) is 14.3.